The molecular weight excluding hydrogens is 307 g/mol. The number of hydrogen-bond acceptors (Lipinski definition) is 6. The largest absolute Gasteiger partial charge is 0.507 e. The molecule has 9 heteroatoms. The van der Waals surface area contributed by atoms with Crippen molar-refractivity contribution < 1.29 is 24.0 Å². The molecule has 0 amide bonds. The topological polar surface area (TPSA) is 116 Å². The number of carbonyl (C=O) groups excluding carboxylic acids is 1. The first-order chi connectivity index (χ1) is 9.31. The maximum absolute atomic E-state index is 13.9. The normalized spacial score (nSPS) is 13.0. The van der Waals surface area contributed by atoms with Gasteiger partial charge in [-0.25, -0.2) is 9.18 Å². The number of nitrogens with zero attached hydrogens (tertiary/aromatic N) is 1. The second-order valence-corrected chi connectivity index (χ2v) is 4.10. The molecule has 0 aromatic heterocycles. The van der Waals surface area contributed by atoms with E-state index in [2.05, 4.69) is 4.74 Å². The Hall–Kier alpha value is -1.93. The van der Waals surface area contributed by atoms with Crippen LogP contribution in [0, 0.1) is 17.0 Å². The highest BCUT2D eigenvalue weighted by Crippen LogP contribution is 2.36. The molecule has 0 fully saturated rings. The maximum Gasteiger partial charge on any atom is 0.342 e. The van der Waals surface area contributed by atoms with Crippen molar-refractivity contribution in [2.75, 3.05) is 6.61 Å². The zero-order chi connectivity index (χ0) is 15.4. The maximum atomic E-state index is 13.9. The van der Waals surface area contributed by atoms with Gasteiger partial charge in [-0.2, -0.15) is 0 Å². The van der Waals surface area contributed by atoms with E-state index in [4.69, 9.17) is 5.73 Å². The second-order valence-electron chi connectivity index (χ2n) is 4.10. The van der Waals surface area contributed by atoms with Gasteiger partial charge in [-0.3, -0.25) is 10.1 Å². The molecular formula is C12H16ClFN2O5. The lowest BCUT2D eigenvalue weighted by atomic mass is 9.97. The van der Waals surface area contributed by atoms with Gasteiger partial charge >= 0.3 is 5.97 Å². The Labute approximate surface area is 126 Å². The molecule has 3 N–H and O–H groups in total. The van der Waals surface area contributed by atoms with Gasteiger partial charge in [-0.15, -0.1) is 12.4 Å². The summed E-state index contributed by atoms with van der Waals surface area (Å²) in [7, 11) is 0. The van der Waals surface area contributed by atoms with Gasteiger partial charge < -0.3 is 15.6 Å². The van der Waals surface area contributed by atoms with Crippen LogP contribution in [-0.2, 0) is 9.53 Å². The summed E-state index contributed by atoms with van der Waals surface area (Å²) in [6.45, 7) is 2.92. The monoisotopic (exact) mass is 322 g/mol. The molecule has 1 rings (SSSR count). The lowest BCUT2D eigenvalue weighted by molar-refractivity contribution is -0.385. The zero-order valence-electron chi connectivity index (χ0n) is 11.4. The first kappa shape index (κ1) is 19.1. The molecule has 118 valence electrons. The van der Waals surface area contributed by atoms with Crippen LogP contribution in [0.4, 0.5) is 10.1 Å². The van der Waals surface area contributed by atoms with E-state index in [1.165, 1.54) is 19.9 Å². The van der Waals surface area contributed by atoms with Crippen LogP contribution in [0.2, 0.25) is 0 Å². The summed E-state index contributed by atoms with van der Waals surface area (Å²) in [5, 5.41) is 20.8. The van der Waals surface area contributed by atoms with Crippen molar-refractivity contribution >= 4 is 24.1 Å². The van der Waals surface area contributed by atoms with Crippen LogP contribution in [-0.4, -0.2) is 28.8 Å². The van der Waals surface area contributed by atoms with E-state index in [9.17, 15) is 24.4 Å². The Morgan fingerprint density at radius 2 is 2.14 bits per heavy atom. The summed E-state index contributed by atoms with van der Waals surface area (Å²) < 4.78 is 18.4. The molecule has 0 radical (unpaired) electrons. The van der Waals surface area contributed by atoms with E-state index in [-0.39, 0.29) is 24.6 Å². The number of phenols is 1. The molecule has 1 aromatic carbocycles. The third-order valence-corrected chi connectivity index (χ3v) is 2.75. The Kier molecular flexibility index (Phi) is 7.04. The van der Waals surface area contributed by atoms with Gasteiger partial charge in [-0.1, -0.05) is 0 Å². The third kappa shape index (κ3) is 4.02. The fourth-order valence-corrected chi connectivity index (χ4v) is 1.71. The summed E-state index contributed by atoms with van der Waals surface area (Å²) in [6, 6.07) is 0.720. The number of benzene rings is 1. The summed E-state index contributed by atoms with van der Waals surface area (Å²) in [4.78, 5) is 21.4. The van der Waals surface area contributed by atoms with Crippen LogP contribution in [0.1, 0.15) is 24.1 Å². The van der Waals surface area contributed by atoms with E-state index in [1.54, 1.807) is 0 Å². The molecule has 0 bridgehead atoms. The number of phenolic OH excluding ortho intramolecular Hbond substituents is 1. The Balaban J connectivity index is 0.00000400. The zero-order valence-corrected chi connectivity index (χ0v) is 12.2. The number of nitro benzene ring substituents is 1. The number of aromatic hydroxyl groups is 1. The molecule has 1 aromatic rings. The fraction of sp³-hybridized carbons (Fsp3) is 0.417. The van der Waals surface area contributed by atoms with E-state index < -0.39 is 40.1 Å². The van der Waals surface area contributed by atoms with Crippen molar-refractivity contribution in [3.05, 3.63) is 33.4 Å². The highest BCUT2D eigenvalue weighted by molar-refractivity contribution is 5.85. The molecule has 0 saturated carbocycles. The van der Waals surface area contributed by atoms with Crippen LogP contribution < -0.4 is 5.73 Å². The standard InChI is InChI=1S/C12H15FN2O5.ClH/c1-3-20-12(17)9(13)10(14)8-7(15(18)19)5-4-6(2)11(8)16;/h4-5,9-10,16H,3,14H2,1-2H3;1H/t9?,10-;/m0./s1. The number of hydrogen-bond donors (Lipinski definition) is 2. The van der Waals surface area contributed by atoms with Gasteiger partial charge in [0.15, 0.2) is 0 Å². The van der Waals surface area contributed by atoms with Crippen LogP contribution in [0.25, 0.3) is 0 Å². The van der Waals surface area contributed by atoms with Crippen molar-refractivity contribution in [3.63, 3.8) is 0 Å². The number of alkyl halides is 1. The highest BCUT2D eigenvalue weighted by Gasteiger charge is 2.35. The van der Waals surface area contributed by atoms with E-state index >= 15 is 0 Å². The minimum Gasteiger partial charge on any atom is -0.507 e. The molecule has 0 aliphatic carbocycles. The quantitative estimate of drug-likeness (QED) is 0.486. The molecule has 0 heterocycles. The molecule has 0 spiro atoms. The SMILES string of the molecule is CCOC(=O)C(F)[C@@H](N)c1c([N+](=O)[O-])ccc(C)c1O.Cl. The van der Waals surface area contributed by atoms with E-state index in [0.29, 0.717) is 0 Å². The van der Waals surface area contributed by atoms with Gasteiger partial charge in [0.1, 0.15) is 5.75 Å². The fourth-order valence-electron chi connectivity index (χ4n) is 1.71. The number of nitro groups is 1. The highest BCUT2D eigenvalue weighted by atomic mass is 35.5. The minimum atomic E-state index is -2.30. The number of halogens is 2. The number of carbonyl (C=O) groups is 1. The van der Waals surface area contributed by atoms with E-state index in [0.717, 1.165) is 6.07 Å². The number of rotatable bonds is 5. The van der Waals surface area contributed by atoms with E-state index in [1.807, 2.05) is 0 Å². The Morgan fingerprint density at radius 3 is 2.62 bits per heavy atom. The second kappa shape index (κ2) is 7.75. The van der Waals surface area contributed by atoms with Gasteiger partial charge in [0, 0.05) is 6.07 Å². The first-order valence-corrected chi connectivity index (χ1v) is 5.84. The van der Waals surface area contributed by atoms with Crippen LogP contribution >= 0.6 is 12.4 Å². The Morgan fingerprint density at radius 1 is 1.57 bits per heavy atom. The predicted octanol–water partition coefficient (Wildman–Crippen LogP) is 1.93. The van der Waals surface area contributed by atoms with Gasteiger partial charge in [0.05, 0.1) is 23.1 Å². The molecule has 1 unspecified atom stereocenters. The lowest BCUT2D eigenvalue weighted by Gasteiger charge is -2.17. The minimum absolute atomic E-state index is 0. The van der Waals surface area contributed by atoms with Crippen LogP contribution in [0.15, 0.2) is 12.1 Å². The summed E-state index contributed by atoms with van der Waals surface area (Å²) in [5.41, 5.74) is 4.86. The first-order valence-electron chi connectivity index (χ1n) is 5.84. The lowest BCUT2D eigenvalue weighted by Crippen LogP contribution is -2.32. The molecule has 0 saturated heterocycles. The van der Waals surface area contributed by atoms with Gasteiger partial charge in [0.2, 0.25) is 6.17 Å². The van der Waals surface area contributed by atoms with Crippen molar-refractivity contribution in [2.45, 2.75) is 26.1 Å². The van der Waals surface area contributed by atoms with Crippen molar-refractivity contribution in [3.8, 4) is 5.75 Å². The van der Waals surface area contributed by atoms with Crippen molar-refractivity contribution in [1.82, 2.24) is 0 Å². The van der Waals surface area contributed by atoms with Gasteiger partial charge in [-0.05, 0) is 25.5 Å². The Bertz CT molecular complexity index is 541. The predicted molar refractivity (Wildman–Crippen MR) is 75.2 cm³/mol. The number of nitrogens with two attached hydrogens (primary N) is 1. The molecule has 0 aliphatic rings. The molecule has 21 heavy (non-hydrogen) atoms. The average Bonchev–Trinajstić information content (AvgIpc) is 2.39. The smallest absolute Gasteiger partial charge is 0.342 e. The van der Waals surface area contributed by atoms with Gasteiger partial charge in [0.25, 0.3) is 5.69 Å². The molecule has 7 nitrogen and oxygen atoms in total. The summed E-state index contributed by atoms with van der Waals surface area (Å²) >= 11 is 0. The molecule has 2 atom stereocenters. The number of aryl methyl sites for hydroxylation is 1. The summed E-state index contributed by atoms with van der Waals surface area (Å²) in [6.07, 6.45) is -2.30. The number of esters is 1. The average molecular weight is 323 g/mol. The number of ether oxygens (including phenoxy) is 1. The van der Waals surface area contributed by atoms with Crippen LogP contribution in [0.3, 0.4) is 0 Å². The summed E-state index contributed by atoms with van der Waals surface area (Å²) in [5.74, 6) is -1.73. The van der Waals surface area contributed by atoms with Crippen LogP contribution in [0.5, 0.6) is 5.75 Å². The molecule has 0 aliphatic heterocycles. The van der Waals surface area contributed by atoms with Crippen molar-refractivity contribution in [1.29, 1.82) is 0 Å². The van der Waals surface area contributed by atoms with Crippen molar-refractivity contribution in [2.24, 2.45) is 5.73 Å². The third-order valence-electron chi connectivity index (χ3n) is 2.75.